The highest BCUT2D eigenvalue weighted by Gasteiger charge is 2.25. The molecule has 1 aromatic carbocycles. The molecule has 216 valence electrons. The van der Waals surface area contributed by atoms with Gasteiger partial charge in [-0.15, -0.1) is 11.3 Å². The minimum atomic E-state index is -1.16. The molecule has 5 N–H and O–H groups in total. The van der Waals surface area contributed by atoms with Gasteiger partial charge >= 0.3 is 0 Å². The van der Waals surface area contributed by atoms with E-state index in [0.717, 1.165) is 17.1 Å². The topological polar surface area (TPSA) is 173 Å². The fraction of sp³-hybridized carbons (Fsp3) is 0.462. The number of nitrogens with zero attached hydrogens (tertiary/aromatic N) is 2. The van der Waals surface area contributed by atoms with Gasteiger partial charge in [-0.05, 0) is 38.0 Å². The van der Waals surface area contributed by atoms with Gasteiger partial charge in [-0.2, -0.15) is 0 Å². The van der Waals surface area contributed by atoms with Crippen LogP contribution in [0.5, 0.6) is 5.75 Å². The normalized spacial score (nSPS) is 17.8. The fourth-order valence-corrected chi connectivity index (χ4v) is 4.63. The average Bonchev–Trinajstić information content (AvgIpc) is 3.31. The van der Waals surface area contributed by atoms with Gasteiger partial charge in [0, 0.05) is 37.9 Å². The molecular formula is C26H33FN6O6S. The summed E-state index contributed by atoms with van der Waals surface area (Å²) in [5.74, 6) is -3.13. The summed E-state index contributed by atoms with van der Waals surface area (Å²) in [6.45, 7) is 2.45. The van der Waals surface area contributed by atoms with Crippen molar-refractivity contribution in [1.29, 1.82) is 0 Å². The highest BCUT2D eigenvalue weighted by atomic mass is 32.1. The molecule has 0 saturated carbocycles. The molecule has 1 aromatic heterocycles. The van der Waals surface area contributed by atoms with Crippen LogP contribution in [0.15, 0.2) is 23.6 Å². The first-order valence-corrected chi connectivity index (χ1v) is 13.7. The number of nitrogens with one attached hydrogen (secondary N) is 3. The molecule has 12 nitrogen and oxygen atoms in total. The summed E-state index contributed by atoms with van der Waals surface area (Å²) in [6, 6.07) is 2.21. The van der Waals surface area contributed by atoms with Crippen molar-refractivity contribution < 1.29 is 33.1 Å². The molecular weight excluding hydrogens is 543 g/mol. The van der Waals surface area contributed by atoms with Gasteiger partial charge in [0.25, 0.3) is 5.91 Å². The van der Waals surface area contributed by atoms with Crippen molar-refractivity contribution in [3.8, 4) is 5.75 Å². The van der Waals surface area contributed by atoms with Gasteiger partial charge in [0.05, 0.1) is 29.2 Å². The van der Waals surface area contributed by atoms with Gasteiger partial charge in [0.15, 0.2) is 0 Å². The van der Waals surface area contributed by atoms with Gasteiger partial charge in [-0.1, -0.05) is 0 Å². The summed E-state index contributed by atoms with van der Waals surface area (Å²) in [7, 11) is 0. The van der Waals surface area contributed by atoms with E-state index in [0.29, 0.717) is 12.1 Å². The Morgan fingerprint density at radius 1 is 1.20 bits per heavy atom. The molecule has 2 heterocycles. The number of carbonyl (C=O) groups is 5. The van der Waals surface area contributed by atoms with E-state index in [4.69, 9.17) is 10.5 Å². The summed E-state index contributed by atoms with van der Waals surface area (Å²) >= 11 is 1.44. The van der Waals surface area contributed by atoms with E-state index in [1.807, 2.05) is 12.3 Å². The van der Waals surface area contributed by atoms with Crippen molar-refractivity contribution in [3.63, 3.8) is 0 Å². The Labute approximate surface area is 234 Å². The Balaban J connectivity index is 1.78. The second-order valence-electron chi connectivity index (χ2n) is 9.18. The summed E-state index contributed by atoms with van der Waals surface area (Å²) in [5.41, 5.74) is 5.73. The minimum Gasteiger partial charge on any atom is -0.491 e. The third-order valence-corrected chi connectivity index (χ3v) is 6.86. The van der Waals surface area contributed by atoms with Crippen LogP contribution in [0.1, 0.15) is 46.7 Å². The molecule has 0 spiro atoms. The number of halogens is 1. The number of hydrogen-bond donors (Lipinski definition) is 4. The molecule has 14 heteroatoms. The highest BCUT2D eigenvalue weighted by Crippen LogP contribution is 2.20. The second kappa shape index (κ2) is 14.9. The van der Waals surface area contributed by atoms with Crippen LogP contribution in [0.25, 0.3) is 0 Å². The average molecular weight is 577 g/mol. The number of fused-ring (bicyclic) bond motifs is 1. The zero-order valence-corrected chi connectivity index (χ0v) is 23.0. The first-order valence-electron chi connectivity index (χ1n) is 12.9. The summed E-state index contributed by atoms with van der Waals surface area (Å²) in [6.07, 6.45) is 0.362. The highest BCUT2D eigenvalue weighted by molar-refractivity contribution is 7.09. The maximum Gasteiger partial charge on any atom is 0.255 e. The lowest BCUT2D eigenvalue weighted by molar-refractivity contribution is -0.131. The van der Waals surface area contributed by atoms with E-state index in [1.54, 1.807) is 4.90 Å². The fourth-order valence-electron chi connectivity index (χ4n) is 4.02. The number of benzene rings is 1. The van der Waals surface area contributed by atoms with Crippen molar-refractivity contribution in [2.45, 2.75) is 45.1 Å². The van der Waals surface area contributed by atoms with E-state index >= 15 is 0 Å². The predicted molar refractivity (Wildman–Crippen MR) is 144 cm³/mol. The third-order valence-electron chi connectivity index (χ3n) is 6.03. The maximum atomic E-state index is 14.0. The maximum absolute atomic E-state index is 14.0. The van der Waals surface area contributed by atoms with Crippen molar-refractivity contribution in [3.05, 3.63) is 45.7 Å². The van der Waals surface area contributed by atoms with Gasteiger partial charge in [0.2, 0.25) is 23.6 Å². The van der Waals surface area contributed by atoms with Gasteiger partial charge in [-0.25, -0.2) is 9.37 Å². The van der Waals surface area contributed by atoms with E-state index in [-0.39, 0.29) is 81.6 Å². The molecule has 0 radical (unpaired) electrons. The van der Waals surface area contributed by atoms with Crippen molar-refractivity contribution in [1.82, 2.24) is 25.8 Å². The largest absolute Gasteiger partial charge is 0.491 e. The number of nitrogens with two attached hydrogens (primary N) is 1. The van der Waals surface area contributed by atoms with Crippen molar-refractivity contribution in [2.75, 3.05) is 32.8 Å². The first-order chi connectivity index (χ1) is 19.1. The number of rotatable bonds is 5. The number of amides is 5. The molecule has 1 aliphatic rings. The molecule has 3 rings (SSSR count). The minimum absolute atomic E-state index is 0.000904. The molecule has 0 fully saturated rings. The number of aryl methyl sites for hydroxylation is 1. The van der Waals surface area contributed by atoms with Crippen molar-refractivity contribution >= 4 is 40.9 Å². The van der Waals surface area contributed by atoms with Crippen LogP contribution in [0.3, 0.4) is 0 Å². The Bertz CT molecular complexity index is 1240. The van der Waals surface area contributed by atoms with Gasteiger partial charge in [-0.3, -0.25) is 24.0 Å². The quantitative estimate of drug-likeness (QED) is 0.399. The lowest BCUT2D eigenvalue weighted by atomic mass is 10.1. The molecule has 0 aliphatic carbocycles. The van der Waals surface area contributed by atoms with E-state index in [9.17, 15) is 28.4 Å². The van der Waals surface area contributed by atoms with Crippen LogP contribution in [0.2, 0.25) is 0 Å². The number of thiazole rings is 1. The van der Waals surface area contributed by atoms with Gasteiger partial charge < -0.3 is 31.3 Å². The van der Waals surface area contributed by atoms with Crippen molar-refractivity contribution in [2.24, 2.45) is 5.73 Å². The second-order valence-corrected chi connectivity index (χ2v) is 10.2. The molecule has 1 atom stereocenters. The number of aromatic nitrogens is 1. The zero-order valence-electron chi connectivity index (χ0n) is 22.2. The molecule has 5 amide bonds. The Morgan fingerprint density at radius 3 is 2.73 bits per heavy atom. The molecule has 0 saturated heterocycles. The summed E-state index contributed by atoms with van der Waals surface area (Å²) < 4.78 is 19.6. The van der Waals surface area contributed by atoms with Crippen LogP contribution in [-0.2, 0) is 25.6 Å². The lowest BCUT2D eigenvalue weighted by Gasteiger charge is -2.24. The number of carbonyl (C=O) groups excluding carboxylic acids is 5. The van der Waals surface area contributed by atoms with Crippen LogP contribution in [-0.4, -0.2) is 78.2 Å². The molecule has 0 unspecified atom stereocenters. The smallest absolute Gasteiger partial charge is 0.255 e. The van der Waals surface area contributed by atoms with E-state index < -0.39 is 29.6 Å². The number of primary amides is 1. The van der Waals surface area contributed by atoms with Gasteiger partial charge in [0.1, 0.15) is 24.2 Å². The molecule has 0 bridgehead atoms. The SMILES string of the molecule is Cc1nc(CC(=O)N2CCCC(=O)NCCOc3ccc(F)cc3C(=O)N[C@@H](CCC(N)=O)C(=O)NCC2)cs1. The Morgan fingerprint density at radius 2 is 2.00 bits per heavy atom. The van der Waals surface area contributed by atoms with Crippen LogP contribution in [0, 0.1) is 12.7 Å². The Hall–Kier alpha value is -4.07. The van der Waals surface area contributed by atoms with Crippen LogP contribution >= 0.6 is 11.3 Å². The predicted octanol–water partition coefficient (Wildman–Crippen LogP) is 0.431. The number of ether oxygens (including phenoxy) is 1. The molecule has 40 heavy (non-hydrogen) atoms. The molecule has 2 aromatic rings. The van der Waals surface area contributed by atoms with Crippen LogP contribution < -0.4 is 26.4 Å². The van der Waals surface area contributed by atoms with E-state index in [2.05, 4.69) is 20.9 Å². The molecule has 1 aliphatic heterocycles. The lowest BCUT2D eigenvalue weighted by Crippen LogP contribution is -2.49. The summed E-state index contributed by atoms with van der Waals surface area (Å²) in [5, 5.41) is 10.6. The summed E-state index contributed by atoms with van der Waals surface area (Å²) in [4.78, 5) is 68.6. The van der Waals surface area contributed by atoms with Crippen LogP contribution in [0.4, 0.5) is 4.39 Å². The number of hydrogen-bond acceptors (Lipinski definition) is 8. The first kappa shape index (κ1) is 30.5. The Kier molecular flexibility index (Phi) is 11.4. The zero-order chi connectivity index (χ0) is 29.1. The third kappa shape index (κ3) is 9.59. The standard InChI is InChI=1S/C26H33FN6O6S/c1-16-31-18(15-40-16)14-24(36)33-10-2-3-23(35)29-9-12-39-21-6-4-17(27)13-19(21)25(37)32-20(5-7-22(28)34)26(38)30-8-11-33/h4,6,13,15,20H,2-3,5,7-12,14H2,1H3,(H2,28,34)(H,29,35)(H,30,38)(H,32,37)/t20-/m0/s1. The monoisotopic (exact) mass is 576 g/mol. The van der Waals surface area contributed by atoms with E-state index in [1.165, 1.54) is 17.4 Å².